The Bertz CT molecular complexity index is 413. The Morgan fingerprint density at radius 1 is 1.24 bits per heavy atom. The second-order valence-corrected chi connectivity index (χ2v) is 5.14. The highest BCUT2D eigenvalue weighted by molar-refractivity contribution is 5.80. The second-order valence-electron chi connectivity index (χ2n) is 5.14. The van der Waals surface area contributed by atoms with Crippen molar-refractivity contribution in [2.45, 2.75) is 51.2 Å². The predicted octanol–water partition coefficient (Wildman–Crippen LogP) is 1.48. The highest BCUT2D eigenvalue weighted by Gasteiger charge is 2.39. The normalized spacial score (nSPS) is 28.6. The summed E-state index contributed by atoms with van der Waals surface area (Å²) >= 11 is 0. The molecule has 0 spiro atoms. The van der Waals surface area contributed by atoms with Gasteiger partial charge in [0, 0.05) is 49.4 Å². The average molecular weight is 231 g/mol. The number of Topliss-reactive ketones (excluding diaryl/α,β-unsaturated/α-hetero) is 1. The number of aromatic nitrogens is 2. The zero-order chi connectivity index (χ0) is 11.8. The summed E-state index contributed by atoms with van der Waals surface area (Å²) in [6, 6.07) is 0.921. The van der Waals surface area contributed by atoms with Gasteiger partial charge >= 0.3 is 0 Å². The number of piperidine rings is 1. The molecule has 2 aliphatic rings. The van der Waals surface area contributed by atoms with E-state index in [9.17, 15) is 4.79 Å². The van der Waals surface area contributed by atoms with Crippen LogP contribution in [0.25, 0.3) is 0 Å². The van der Waals surface area contributed by atoms with Crippen LogP contribution in [0.1, 0.15) is 37.1 Å². The monoisotopic (exact) mass is 231 g/mol. The first-order chi connectivity index (χ1) is 8.22. The third kappa shape index (κ3) is 2.09. The fourth-order valence-corrected chi connectivity index (χ4v) is 3.03. The number of hydrogen-bond donors (Lipinski definition) is 0. The number of rotatable bonds is 2. The van der Waals surface area contributed by atoms with Gasteiger partial charge in [0.2, 0.25) is 0 Å². The van der Waals surface area contributed by atoms with Gasteiger partial charge in [-0.2, -0.15) is 0 Å². The van der Waals surface area contributed by atoms with E-state index in [1.54, 1.807) is 0 Å². The van der Waals surface area contributed by atoms with E-state index < -0.39 is 0 Å². The van der Waals surface area contributed by atoms with Crippen LogP contribution in [-0.4, -0.2) is 32.7 Å². The Morgan fingerprint density at radius 3 is 2.41 bits per heavy atom. The van der Waals surface area contributed by atoms with Crippen molar-refractivity contribution >= 4 is 5.78 Å². The zero-order valence-corrected chi connectivity index (χ0v) is 10.1. The molecule has 4 nitrogen and oxygen atoms in total. The topological polar surface area (TPSA) is 46.1 Å². The zero-order valence-electron chi connectivity index (χ0n) is 10.1. The maximum atomic E-state index is 11.5. The summed E-state index contributed by atoms with van der Waals surface area (Å²) in [5.74, 6) is 1.25. The lowest BCUT2D eigenvalue weighted by atomic mass is 10.0. The molecule has 17 heavy (non-hydrogen) atoms. The molecule has 1 aromatic heterocycles. The maximum absolute atomic E-state index is 11.5. The first-order valence-corrected chi connectivity index (χ1v) is 6.27. The van der Waals surface area contributed by atoms with Crippen molar-refractivity contribution in [3.63, 3.8) is 0 Å². The van der Waals surface area contributed by atoms with Crippen molar-refractivity contribution in [2.24, 2.45) is 0 Å². The molecule has 1 aromatic rings. The van der Waals surface area contributed by atoms with Crippen LogP contribution >= 0.6 is 0 Å². The van der Waals surface area contributed by atoms with Gasteiger partial charge < -0.3 is 0 Å². The minimum Gasteiger partial charge on any atom is -0.300 e. The Balaban J connectivity index is 1.74. The van der Waals surface area contributed by atoms with Gasteiger partial charge in [-0.1, -0.05) is 0 Å². The Hall–Kier alpha value is -1.29. The SMILES string of the molecule is Cc1ncc(CN2C3CCC2CC(=O)C3)cn1. The van der Waals surface area contributed by atoms with Crippen molar-refractivity contribution in [1.82, 2.24) is 14.9 Å². The summed E-state index contributed by atoms with van der Waals surface area (Å²) in [7, 11) is 0. The van der Waals surface area contributed by atoms with Crippen LogP contribution in [0.5, 0.6) is 0 Å². The predicted molar refractivity (Wildman–Crippen MR) is 63.4 cm³/mol. The highest BCUT2D eigenvalue weighted by Crippen LogP contribution is 2.34. The molecule has 2 unspecified atom stereocenters. The molecule has 2 fully saturated rings. The van der Waals surface area contributed by atoms with Gasteiger partial charge in [-0.25, -0.2) is 9.97 Å². The van der Waals surface area contributed by atoms with Crippen LogP contribution in [0, 0.1) is 6.92 Å². The summed E-state index contributed by atoms with van der Waals surface area (Å²) in [6.45, 7) is 2.79. The quantitative estimate of drug-likeness (QED) is 0.773. The van der Waals surface area contributed by atoms with Crippen LogP contribution in [0.3, 0.4) is 0 Å². The largest absolute Gasteiger partial charge is 0.300 e. The summed E-state index contributed by atoms with van der Waals surface area (Å²) in [5.41, 5.74) is 1.15. The van der Waals surface area contributed by atoms with Crippen molar-refractivity contribution in [2.75, 3.05) is 0 Å². The van der Waals surface area contributed by atoms with E-state index in [0.717, 1.165) is 30.8 Å². The molecule has 0 radical (unpaired) electrons. The van der Waals surface area contributed by atoms with E-state index in [0.29, 0.717) is 17.9 Å². The van der Waals surface area contributed by atoms with Crippen molar-refractivity contribution in [3.8, 4) is 0 Å². The highest BCUT2D eigenvalue weighted by atomic mass is 16.1. The number of carbonyl (C=O) groups is 1. The Kier molecular flexibility index (Phi) is 2.67. The number of aryl methyl sites for hydroxylation is 1. The van der Waals surface area contributed by atoms with E-state index in [1.807, 2.05) is 19.3 Å². The van der Waals surface area contributed by atoms with Gasteiger partial charge in [-0.3, -0.25) is 9.69 Å². The number of carbonyl (C=O) groups excluding carboxylic acids is 1. The molecule has 90 valence electrons. The van der Waals surface area contributed by atoms with Gasteiger partial charge in [0.15, 0.2) is 0 Å². The molecule has 2 bridgehead atoms. The lowest BCUT2D eigenvalue weighted by molar-refractivity contribution is -0.123. The van der Waals surface area contributed by atoms with Crippen LogP contribution in [0.15, 0.2) is 12.4 Å². The summed E-state index contributed by atoms with van der Waals surface area (Å²) < 4.78 is 0. The molecule has 0 amide bonds. The fourth-order valence-electron chi connectivity index (χ4n) is 3.03. The minimum absolute atomic E-state index is 0.439. The third-order valence-corrected chi connectivity index (χ3v) is 3.90. The molecular weight excluding hydrogens is 214 g/mol. The van der Waals surface area contributed by atoms with Crippen LogP contribution in [0.2, 0.25) is 0 Å². The van der Waals surface area contributed by atoms with Gasteiger partial charge in [0.25, 0.3) is 0 Å². The minimum atomic E-state index is 0.439. The molecule has 0 saturated carbocycles. The molecule has 2 saturated heterocycles. The van der Waals surface area contributed by atoms with Crippen LogP contribution in [-0.2, 0) is 11.3 Å². The molecule has 0 aliphatic carbocycles. The maximum Gasteiger partial charge on any atom is 0.136 e. The van der Waals surface area contributed by atoms with Gasteiger partial charge in [0.1, 0.15) is 11.6 Å². The molecule has 2 aliphatic heterocycles. The number of nitrogens with zero attached hydrogens (tertiary/aromatic N) is 3. The summed E-state index contributed by atoms with van der Waals surface area (Å²) in [5, 5.41) is 0. The molecule has 2 atom stereocenters. The van der Waals surface area contributed by atoms with Crippen molar-refractivity contribution in [3.05, 3.63) is 23.8 Å². The Labute approximate surface area is 101 Å². The standard InChI is InChI=1S/C13H17N3O/c1-9-14-6-10(7-15-9)8-16-11-2-3-12(16)5-13(17)4-11/h6-7,11-12H,2-5,8H2,1H3. The van der Waals surface area contributed by atoms with E-state index in [1.165, 1.54) is 12.8 Å². The van der Waals surface area contributed by atoms with Crippen molar-refractivity contribution < 1.29 is 4.79 Å². The lowest BCUT2D eigenvalue weighted by Gasteiger charge is -2.33. The summed E-state index contributed by atoms with van der Waals surface area (Å²) in [4.78, 5) is 22.4. The number of fused-ring (bicyclic) bond motifs is 2. The first kappa shape index (κ1) is 10.8. The van der Waals surface area contributed by atoms with Gasteiger partial charge in [-0.15, -0.1) is 0 Å². The molecule has 0 aromatic carbocycles. The Morgan fingerprint density at radius 2 is 1.82 bits per heavy atom. The second kappa shape index (κ2) is 4.18. The average Bonchev–Trinajstić information content (AvgIpc) is 2.56. The van der Waals surface area contributed by atoms with Crippen LogP contribution < -0.4 is 0 Å². The van der Waals surface area contributed by atoms with Crippen LogP contribution in [0.4, 0.5) is 0 Å². The smallest absolute Gasteiger partial charge is 0.136 e. The molecule has 4 heteroatoms. The van der Waals surface area contributed by atoms with Crippen molar-refractivity contribution in [1.29, 1.82) is 0 Å². The molecule has 0 N–H and O–H groups in total. The van der Waals surface area contributed by atoms with E-state index in [2.05, 4.69) is 14.9 Å². The van der Waals surface area contributed by atoms with E-state index in [-0.39, 0.29) is 0 Å². The molecular formula is C13H17N3O. The van der Waals surface area contributed by atoms with E-state index in [4.69, 9.17) is 0 Å². The molecule has 3 rings (SSSR count). The van der Waals surface area contributed by atoms with Gasteiger partial charge in [-0.05, 0) is 19.8 Å². The summed E-state index contributed by atoms with van der Waals surface area (Å²) in [6.07, 6.45) is 7.62. The number of hydrogen-bond acceptors (Lipinski definition) is 4. The van der Waals surface area contributed by atoms with Gasteiger partial charge in [0.05, 0.1) is 0 Å². The third-order valence-electron chi connectivity index (χ3n) is 3.90. The molecule has 3 heterocycles. The lowest BCUT2D eigenvalue weighted by Crippen LogP contribution is -2.42. The van der Waals surface area contributed by atoms with E-state index >= 15 is 0 Å². The number of ketones is 1. The fraction of sp³-hybridized carbons (Fsp3) is 0.615. The first-order valence-electron chi connectivity index (χ1n) is 6.27.